The van der Waals surface area contributed by atoms with Crippen molar-refractivity contribution in [3.05, 3.63) is 48.6 Å². The summed E-state index contributed by atoms with van der Waals surface area (Å²) in [4.78, 5) is 48.6. The van der Waals surface area contributed by atoms with E-state index in [1.54, 1.807) is 0 Å². The summed E-state index contributed by atoms with van der Waals surface area (Å²) in [5.74, 6) is -1.47. The third kappa shape index (κ3) is 54.2. The van der Waals surface area contributed by atoms with E-state index in [0.29, 0.717) is 19.3 Å². The molecule has 3 atom stereocenters. The summed E-state index contributed by atoms with van der Waals surface area (Å²) < 4.78 is 39.6. The molecule has 432 valence electrons. The van der Waals surface area contributed by atoms with E-state index < -0.39 is 57.8 Å². The lowest BCUT2D eigenvalue weighted by Gasteiger charge is -2.21. The monoisotopic (exact) mass is 1060 g/mol. The second-order valence-electron chi connectivity index (χ2n) is 20.5. The Morgan fingerprint density at radius 1 is 0.378 bits per heavy atom. The first kappa shape index (κ1) is 71.4. The number of hydrogen-bond donors (Lipinski definition) is 2. The number of aliphatic hydroxyl groups excluding tert-OH is 1. The van der Waals surface area contributed by atoms with Crippen molar-refractivity contribution < 1.29 is 52.2 Å². The fourth-order valence-electron chi connectivity index (χ4n) is 8.50. The van der Waals surface area contributed by atoms with Crippen molar-refractivity contribution in [3.8, 4) is 0 Å². The van der Waals surface area contributed by atoms with Crippen LogP contribution in [0.1, 0.15) is 290 Å². The minimum Gasteiger partial charge on any atom is -0.462 e. The molecule has 0 saturated heterocycles. The van der Waals surface area contributed by atoms with E-state index in [-0.39, 0.29) is 25.9 Å². The standard InChI is InChI=1S/C62H113O11P/c1-4-7-10-13-16-19-22-25-27-29-31-34-36-39-42-45-48-51-60(64)69-55-59(73-62(66)53-50-47-44-41-38-35-32-30-28-26-23-20-17-14-11-8-5-2)57-71-74(67,68)70-56-58(54-63)72-61(65)52-49-46-43-40-37-33-24-21-18-15-12-9-6-3/h12,15,21,24-28,58-59,63H,4-11,13-14,16-20,22-23,29-57H2,1-3H3,(H,67,68)/b15-12-,24-21-,27-25-,28-26-. The number of esters is 3. The Kier molecular flexibility index (Phi) is 54.7. The molecule has 12 heteroatoms. The zero-order valence-electron chi connectivity index (χ0n) is 47.8. The largest absolute Gasteiger partial charge is 0.472 e. The van der Waals surface area contributed by atoms with E-state index in [1.165, 1.54) is 135 Å². The highest BCUT2D eigenvalue weighted by atomic mass is 31.2. The molecule has 11 nitrogen and oxygen atoms in total. The van der Waals surface area contributed by atoms with Gasteiger partial charge in [0.15, 0.2) is 6.10 Å². The van der Waals surface area contributed by atoms with Gasteiger partial charge >= 0.3 is 25.7 Å². The molecule has 0 radical (unpaired) electrons. The predicted molar refractivity (Wildman–Crippen MR) is 307 cm³/mol. The number of aliphatic hydroxyl groups is 1. The van der Waals surface area contributed by atoms with E-state index in [9.17, 15) is 28.9 Å². The van der Waals surface area contributed by atoms with Gasteiger partial charge < -0.3 is 24.2 Å². The number of allylic oxidation sites excluding steroid dienone is 8. The third-order valence-electron chi connectivity index (χ3n) is 13.2. The van der Waals surface area contributed by atoms with Crippen molar-refractivity contribution in [2.45, 2.75) is 303 Å². The molecule has 74 heavy (non-hydrogen) atoms. The molecule has 0 rings (SSSR count). The van der Waals surface area contributed by atoms with Gasteiger partial charge in [0.2, 0.25) is 0 Å². The maximum atomic E-state index is 12.9. The maximum absolute atomic E-state index is 12.9. The molecule has 0 aliphatic carbocycles. The predicted octanol–water partition coefficient (Wildman–Crippen LogP) is 18.1. The van der Waals surface area contributed by atoms with E-state index in [2.05, 4.69) is 69.4 Å². The first-order chi connectivity index (χ1) is 36.2. The normalized spacial score (nSPS) is 13.6. The minimum absolute atomic E-state index is 0.161. The first-order valence-electron chi connectivity index (χ1n) is 30.5. The average molecular weight is 1070 g/mol. The molecule has 0 aromatic carbocycles. The Bertz CT molecular complexity index is 1430. The number of ether oxygens (including phenoxy) is 3. The van der Waals surface area contributed by atoms with Crippen LogP contribution >= 0.6 is 7.82 Å². The molecule has 3 unspecified atom stereocenters. The van der Waals surface area contributed by atoms with Crippen molar-refractivity contribution >= 4 is 25.7 Å². The molecule has 0 amide bonds. The Labute approximate surface area is 453 Å². The SMILES string of the molecule is CCC/C=C\C/C=C\CCCCCCCC(=O)OC(CO)COP(=O)(O)OCC(COC(=O)CCCCCCCCC/C=C\CCCCCCCC)OC(=O)CCCCCCCCC/C=C\CCCCCCCC. The quantitative estimate of drug-likeness (QED) is 0.0197. The Hall–Kier alpha value is -2.56. The van der Waals surface area contributed by atoms with Crippen LogP contribution in [0.25, 0.3) is 0 Å². The minimum atomic E-state index is -4.75. The average Bonchev–Trinajstić information content (AvgIpc) is 3.39. The van der Waals surface area contributed by atoms with Crippen molar-refractivity contribution in [1.82, 2.24) is 0 Å². The molecule has 0 bridgehead atoms. The lowest BCUT2D eigenvalue weighted by Crippen LogP contribution is -2.30. The molecule has 0 aliphatic rings. The summed E-state index contributed by atoms with van der Waals surface area (Å²) >= 11 is 0. The van der Waals surface area contributed by atoms with E-state index in [0.717, 1.165) is 96.3 Å². The van der Waals surface area contributed by atoms with Crippen molar-refractivity contribution in [2.75, 3.05) is 26.4 Å². The molecule has 0 spiro atoms. The smallest absolute Gasteiger partial charge is 0.462 e. The van der Waals surface area contributed by atoms with Crippen LogP contribution in [-0.4, -0.2) is 66.5 Å². The molecule has 2 N–H and O–H groups in total. The van der Waals surface area contributed by atoms with Gasteiger partial charge in [0.1, 0.15) is 12.7 Å². The van der Waals surface area contributed by atoms with Gasteiger partial charge in [0, 0.05) is 19.3 Å². The van der Waals surface area contributed by atoms with Crippen LogP contribution in [0.15, 0.2) is 48.6 Å². The third-order valence-corrected chi connectivity index (χ3v) is 14.1. The highest BCUT2D eigenvalue weighted by Crippen LogP contribution is 2.43. The summed E-state index contributed by atoms with van der Waals surface area (Å²) in [5, 5.41) is 9.81. The van der Waals surface area contributed by atoms with Gasteiger partial charge in [-0.25, -0.2) is 4.57 Å². The highest BCUT2D eigenvalue weighted by Gasteiger charge is 2.28. The lowest BCUT2D eigenvalue weighted by molar-refractivity contribution is -0.161. The first-order valence-corrected chi connectivity index (χ1v) is 32.0. The number of unbranched alkanes of at least 4 members (excludes halogenated alkanes) is 32. The van der Waals surface area contributed by atoms with Crippen LogP contribution in [0, 0.1) is 0 Å². The molecule has 0 fully saturated rings. The maximum Gasteiger partial charge on any atom is 0.472 e. The van der Waals surface area contributed by atoms with Gasteiger partial charge in [-0.3, -0.25) is 23.4 Å². The van der Waals surface area contributed by atoms with Gasteiger partial charge in [-0.15, -0.1) is 0 Å². The van der Waals surface area contributed by atoms with Gasteiger partial charge in [-0.1, -0.05) is 223 Å². The lowest BCUT2D eigenvalue weighted by atomic mass is 10.1. The molecular formula is C62H113O11P. The second-order valence-corrected chi connectivity index (χ2v) is 22.0. The van der Waals surface area contributed by atoms with Gasteiger partial charge in [-0.05, 0) is 96.3 Å². The molecule has 0 saturated carbocycles. The molecule has 0 aromatic rings. The Morgan fingerprint density at radius 3 is 1.07 bits per heavy atom. The number of phosphoric ester groups is 1. The topological polar surface area (TPSA) is 155 Å². The number of carbonyl (C=O) groups is 3. The van der Waals surface area contributed by atoms with Gasteiger partial charge in [0.05, 0.1) is 19.8 Å². The van der Waals surface area contributed by atoms with Crippen LogP contribution in [-0.2, 0) is 42.2 Å². The van der Waals surface area contributed by atoms with Crippen molar-refractivity contribution in [1.29, 1.82) is 0 Å². The fraction of sp³-hybridized carbons (Fsp3) is 0.823. The number of rotatable bonds is 57. The zero-order valence-corrected chi connectivity index (χ0v) is 48.7. The second kappa shape index (κ2) is 56.6. The number of phosphoric acid groups is 1. The number of carbonyl (C=O) groups excluding carboxylic acids is 3. The Morgan fingerprint density at radius 2 is 0.689 bits per heavy atom. The zero-order chi connectivity index (χ0) is 54.1. The summed E-state index contributed by atoms with van der Waals surface area (Å²) in [6.07, 6.45) is 60.6. The van der Waals surface area contributed by atoms with E-state index >= 15 is 0 Å². The molecular weight excluding hydrogens is 952 g/mol. The summed E-state index contributed by atoms with van der Waals surface area (Å²) in [7, 11) is -4.75. The number of hydrogen-bond acceptors (Lipinski definition) is 10. The summed E-state index contributed by atoms with van der Waals surface area (Å²) in [6.45, 7) is 4.58. The van der Waals surface area contributed by atoms with Gasteiger partial charge in [0.25, 0.3) is 0 Å². The van der Waals surface area contributed by atoms with Crippen LogP contribution in [0.4, 0.5) is 0 Å². The molecule has 0 heterocycles. The summed E-state index contributed by atoms with van der Waals surface area (Å²) in [6, 6.07) is 0. The molecule has 0 aromatic heterocycles. The van der Waals surface area contributed by atoms with Crippen LogP contribution in [0.2, 0.25) is 0 Å². The highest BCUT2D eigenvalue weighted by molar-refractivity contribution is 7.47. The van der Waals surface area contributed by atoms with Crippen LogP contribution < -0.4 is 0 Å². The fourth-order valence-corrected chi connectivity index (χ4v) is 9.29. The van der Waals surface area contributed by atoms with Crippen LogP contribution in [0.5, 0.6) is 0 Å². The van der Waals surface area contributed by atoms with Crippen molar-refractivity contribution in [3.63, 3.8) is 0 Å². The Balaban J connectivity index is 4.72. The molecule has 0 aliphatic heterocycles. The summed E-state index contributed by atoms with van der Waals surface area (Å²) in [5.41, 5.74) is 0. The van der Waals surface area contributed by atoms with E-state index in [1.807, 2.05) is 0 Å². The van der Waals surface area contributed by atoms with E-state index in [4.69, 9.17) is 23.3 Å². The van der Waals surface area contributed by atoms with Crippen molar-refractivity contribution in [2.24, 2.45) is 0 Å². The van der Waals surface area contributed by atoms with Gasteiger partial charge in [-0.2, -0.15) is 0 Å². The van der Waals surface area contributed by atoms with Crippen LogP contribution in [0.3, 0.4) is 0 Å².